The van der Waals surface area contributed by atoms with Gasteiger partial charge in [0.25, 0.3) is 0 Å². The van der Waals surface area contributed by atoms with Crippen LogP contribution in [0.5, 0.6) is 5.75 Å². The molecule has 21 heavy (non-hydrogen) atoms. The summed E-state index contributed by atoms with van der Waals surface area (Å²) in [5.41, 5.74) is -0.702. The van der Waals surface area contributed by atoms with Gasteiger partial charge in [-0.15, -0.1) is 0 Å². The molecule has 0 fully saturated rings. The number of nitro benzene ring substituents is 1. The lowest BCUT2D eigenvalue weighted by Crippen LogP contribution is -2.12. The second kappa shape index (κ2) is 5.30. The third kappa shape index (κ3) is 2.95. The molecule has 0 unspecified atom stereocenters. The summed E-state index contributed by atoms with van der Waals surface area (Å²) < 4.78 is 42.9. The minimum atomic E-state index is -4.53. The molecule has 11 heteroatoms. The first-order valence-electron chi connectivity index (χ1n) is 5.27. The van der Waals surface area contributed by atoms with Crippen molar-refractivity contribution in [2.75, 3.05) is 0 Å². The fourth-order valence-corrected chi connectivity index (χ4v) is 2.78. The van der Waals surface area contributed by atoms with Crippen LogP contribution < -0.4 is 4.18 Å². The highest BCUT2D eigenvalue weighted by Gasteiger charge is 2.28. The molecule has 2 aromatic rings. The Bertz CT molecular complexity index is 820. The molecule has 112 valence electrons. The van der Waals surface area contributed by atoms with Gasteiger partial charge in [-0.3, -0.25) is 10.1 Å². The van der Waals surface area contributed by atoms with Gasteiger partial charge >= 0.3 is 15.8 Å². The molecular formula is C10H7ClFN3O5S. The maximum atomic E-state index is 13.1. The van der Waals surface area contributed by atoms with Crippen LogP contribution in [0, 0.1) is 15.9 Å². The first-order chi connectivity index (χ1) is 9.72. The molecule has 0 aliphatic rings. The van der Waals surface area contributed by atoms with Crippen molar-refractivity contribution in [2.45, 2.75) is 5.03 Å². The van der Waals surface area contributed by atoms with Crippen molar-refractivity contribution in [3.8, 4) is 5.75 Å². The van der Waals surface area contributed by atoms with Gasteiger partial charge in [0.05, 0.1) is 11.3 Å². The van der Waals surface area contributed by atoms with Crippen LogP contribution in [0.25, 0.3) is 0 Å². The first-order valence-corrected chi connectivity index (χ1v) is 7.06. The summed E-state index contributed by atoms with van der Waals surface area (Å²) in [6.07, 6.45) is 1.12. The predicted molar refractivity (Wildman–Crippen MR) is 69.1 cm³/mol. The van der Waals surface area contributed by atoms with Gasteiger partial charge in [0.1, 0.15) is 5.82 Å². The Balaban J connectivity index is 2.49. The molecule has 1 aromatic carbocycles. The van der Waals surface area contributed by atoms with E-state index in [-0.39, 0.29) is 5.15 Å². The highest BCUT2D eigenvalue weighted by Crippen LogP contribution is 2.31. The molecule has 0 spiro atoms. The molecule has 0 saturated carbocycles. The van der Waals surface area contributed by atoms with Gasteiger partial charge < -0.3 is 8.75 Å². The van der Waals surface area contributed by atoms with E-state index in [4.69, 9.17) is 11.6 Å². The molecule has 0 aliphatic heterocycles. The fourth-order valence-electron chi connectivity index (χ4n) is 1.42. The van der Waals surface area contributed by atoms with Crippen molar-refractivity contribution in [1.29, 1.82) is 0 Å². The third-order valence-electron chi connectivity index (χ3n) is 2.39. The molecule has 1 heterocycles. The molecule has 0 aliphatic carbocycles. The van der Waals surface area contributed by atoms with Gasteiger partial charge in [-0.05, 0) is 6.07 Å². The Labute approximate surface area is 123 Å². The zero-order valence-electron chi connectivity index (χ0n) is 10.4. The van der Waals surface area contributed by atoms with Crippen LogP contribution in [-0.2, 0) is 17.2 Å². The number of nitro groups is 1. The minimum absolute atomic E-state index is 0.242. The number of benzene rings is 1. The van der Waals surface area contributed by atoms with Gasteiger partial charge in [-0.2, -0.15) is 8.42 Å². The number of imidazole rings is 1. The Morgan fingerprint density at radius 3 is 2.67 bits per heavy atom. The summed E-state index contributed by atoms with van der Waals surface area (Å²) in [4.78, 5) is 13.4. The van der Waals surface area contributed by atoms with Crippen LogP contribution >= 0.6 is 11.6 Å². The van der Waals surface area contributed by atoms with E-state index in [1.165, 1.54) is 11.6 Å². The van der Waals surface area contributed by atoms with E-state index >= 15 is 0 Å². The van der Waals surface area contributed by atoms with Gasteiger partial charge in [0, 0.05) is 19.2 Å². The van der Waals surface area contributed by atoms with E-state index in [1.807, 2.05) is 0 Å². The van der Waals surface area contributed by atoms with Crippen molar-refractivity contribution in [3.63, 3.8) is 0 Å². The van der Waals surface area contributed by atoms with Crippen LogP contribution in [0.4, 0.5) is 10.1 Å². The van der Waals surface area contributed by atoms with E-state index in [0.717, 1.165) is 18.5 Å². The quantitative estimate of drug-likeness (QED) is 0.480. The minimum Gasteiger partial charge on any atom is -0.370 e. The average Bonchev–Trinajstić information content (AvgIpc) is 2.69. The van der Waals surface area contributed by atoms with Crippen LogP contribution in [-0.4, -0.2) is 22.9 Å². The highest BCUT2D eigenvalue weighted by molar-refractivity contribution is 7.87. The number of aryl methyl sites for hydroxylation is 1. The van der Waals surface area contributed by atoms with Crippen molar-refractivity contribution in [3.05, 3.63) is 45.6 Å². The van der Waals surface area contributed by atoms with Gasteiger partial charge in [0.15, 0.2) is 5.15 Å². The summed E-state index contributed by atoms with van der Waals surface area (Å²) in [7, 11) is -3.09. The number of hydrogen-bond acceptors (Lipinski definition) is 6. The Hall–Kier alpha value is -2.20. The summed E-state index contributed by atoms with van der Waals surface area (Å²) in [5, 5.41) is 9.93. The molecule has 0 bridgehead atoms. The van der Waals surface area contributed by atoms with E-state index in [9.17, 15) is 22.9 Å². The molecular weight excluding hydrogens is 329 g/mol. The first kappa shape index (κ1) is 15.2. The van der Waals surface area contributed by atoms with Gasteiger partial charge in [-0.1, -0.05) is 11.6 Å². The number of aromatic nitrogens is 2. The number of nitrogens with zero attached hydrogens (tertiary/aromatic N) is 3. The SMILES string of the molecule is Cn1cnc(S(=O)(=O)Oc2cc(F)ccc2[N+](=O)[O-])c1Cl. The predicted octanol–water partition coefficient (Wildman–Crippen LogP) is 1.89. The van der Waals surface area contributed by atoms with Gasteiger partial charge in [0.2, 0.25) is 10.8 Å². The van der Waals surface area contributed by atoms with Crippen molar-refractivity contribution < 1.29 is 21.9 Å². The monoisotopic (exact) mass is 335 g/mol. The van der Waals surface area contributed by atoms with Crippen LogP contribution in [0.15, 0.2) is 29.6 Å². The van der Waals surface area contributed by atoms with E-state index in [0.29, 0.717) is 6.07 Å². The normalized spacial score (nSPS) is 11.4. The average molecular weight is 336 g/mol. The van der Waals surface area contributed by atoms with E-state index < -0.39 is 37.3 Å². The second-order valence-corrected chi connectivity index (χ2v) is 5.68. The number of halogens is 2. The van der Waals surface area contributed by atoms with Crippen LogP contribution in [0.3, 0.4) is 0 Å². The molecule has 2 rings (SSSR count). The van der Waals surface area contributed by atoms with Gasteiger partial charge in [-0.25, -0.2) is 9.37 Å². The smallest absolute Gasteiger partial charge is 0.360 e. The van der Waals surface area contributed by atoms with E-state index in [2.05, 4.69) is 9.17 Å². The standard InChI is InChI=1S/C10H7ClFN3O5S/c1-14-5-13-10(9(14)11)21(18,19)20-8-4-6(12)2-3-7(8)15(16)17/h2-5H,1H3. The lowest BCUT2D eigenvalue weighted by atomic mass is 10.3. The second-order valence-electron chi connectivity index (χ2n) is 3.86. The van der Waals surface area contributed by atoms with Crippen LogP contribution in [0.1, 0.15) is 0 Å². The zero-order chi connectivity index (χ0) is 15.8. The molecule has 1 aromatic heterocycles. The Morgan fingerprint density at radius 2 is 2.14 bits per heavy atom. The summed E-state index contributed by atoms with van der Waals surface area (Å²) in [6, 6.07) is 2.19. The van der Waals surface area contributed by atoms with Crippen molar-refractivity contribution >= 4 is 27.4 Å². The lowest BCUT2D eigenvalue weighted by molar-refractivity contribution is -0.385. The summed E-state index contributed by atoms with van der Waals surface area (Å²) >= 11 is 5.73. The van der Waals surface area contributed by atoms with Crippen molar-refractivity contribution in [2.24, 2.45) is 7.05 Å². The lowest BCUT2D eigenvalue weighted by Gasteiger charge is -2.06. The topological polar surface area (TPSA) is 104 Å². The fraction of sp³-hybridized carbons (Fsp3) is 0.100. The number of rotatable bonds is 4. The maximum absolute atomic E-state index is 13.1. The molecule has 8 nitrogen and oxygen atoms in total. The molecule has 0 N–H and O–H groups in total. The van der Waals surface area contributed by atoms with Crippen molar-refractivity contribution in [1.82, 2.24) is 9.55 Å². The largest absolute Gasteiger partial charge is 0.370 e. The molecule has 0 saturated heterocycles. The summed E-state index contributed by atoms with van der Waals surface area (Å²) in [6.45, 7) is 0. The summed E-state index contributed by atoms with van der Waals surface area (Å²) in [5.74, 6) is -1.65. The molecule has 0 amide bonds. The third-order valence-corrected chi connectivity index (χ3v) is 4.12. The highest BCUT2D eigenvalue weighted by atomic mass is 35.5. The number of hydrogen-bond donors (Lipinski definition) is 0. The Kier molecular flexibility index (Phi) is 3.83. The van der Waals surface area contributed by atoms with Crippen LogP contribution in [0.2, 0.25) is 5.15 Å². The molecule has 0 atom stereocenters. The maximum Gasteiger partial charge on any atom is 0.360 e. The zero-order valence-corrected chi connectivity index (χ0v) is 11.9. The molecule has 0 radical (unpaired) electrons. The Morgan fingerprint density at radius 1 is 1.48 bits per heavy atom. The van der Waals surface area contributed by atoms with E-state index in [1.54, 1.807) is 0 Å².